The van der Waals surface area contributed by atoms with Gasteiger partial charge in [0.2, 0.25) is 47.5 Å². The molecule has 0 aliphatic carbocycles. The molecule has 10 aromatic heterocycles. The Morgan fingerprint density at radius 2 is 0.642 bits per heavy atom. The van der Waals surface area contributed by atoms with Gasteiger partial charge in [0.05, 0.1) is 63.0 Å². The van der Waals surface area contributed by atoms with E-state index in [0.29, 0.717) is 91.6 Å². The fourth-order valence-corrected chi connectivity index (χ4v) is 16.5. The third kappa shape index (κ3) is 24.9. The van der Waals surface area contributed by atoms with Gasteiger partial charge in [-0.2, -0.15) is 24.9 Å². The van der Waals surface area contributed by atoms with Gasteiger partial charge in [0.1, 0.15) is 23.1 Å². The molecular formula is C110H101ClFN27O9. The van der Waals surface area contributed by atoms with Gasteiger partial charge in [-0.1, -0.05) is 103 Å². The first-order chi connectivity index (χ1) is 72.1. The van der Waals surface area contributed by atoms with Crippen LogP contribution in [0.25, 0.3) is 84.5 Å². The summed E-state index contributed by atoms with van der Waals surface area (Å²) in [7, 11) is 7.06. The van der Waals surface area contributed by atoms with E-state index < -0.39 is 17.7 Å². The van der Waals surface area contributed by atoms with E-state index in [1.807, 2.05) is 231 Å². The number of amides is 5. The third-order valence-electron chi connectivity index (χ3n) is 24.1. The molecule has 0 saturated carbocycles. The number of fused-ring (bicyclic) bond motifs is 5. The molecule has 148 heavy (non-hydrogen) atoms. The Kier molecular flexibility index (Phi) is 31.2. The number of nitrogens with one attached hydrogen (secondary N) is 7. The molecular weight excluding hydrogens is 1900 g/mol. The predicted molar refractivity (Wildman–Crippen MR) is 568 cm³/mol. The molecule has 2 saturated heterocycles. The number of halogens is 2. The number of hydrogen-bond acceptors (Lipinski definition) is 26. The SMILES string of the molecule is COc1cccc(-c2cccc3nc(Nc4ccc(C(=O)NC5CCN(C)CC5)cc4)nn23)c1.COc1cccc(-c2cccc3nc(Nc4ccc(C(=O)NCCN5CCOCC5)cc4)nn23)c1.COc1cccc(-c2cccc3nc(Nc4ccc(C(N)=O)cc4)nn23)c1.NC(=O)c1ccc(Nc2nc3cccc(-c4ccc(Cl)cc4)n3n2)cc1.NC(=O)c1ccc(Nc2nc3cccc(-c4cccc(F)c4)n3n2)cc1. The number of morpholine rings is 1. The number of piperidine rings is 1. The number of carbonyl (C=O) groups is 5. The molecule has 12 heterocycles. The Morgan fingerprint density at radius 1 is 0.351 bits per heavy atom. The second-order valence-electron chi connectivity index (χ2n) is 34.2. The third-order valence-corrected chi connectivity index (χ3v) is 24.4. The molecule has 0 bridgehead atoms. The predicted octanol–water partition coefficient (Wildman–Crippen LogP) is 17.7. The maximum atomic E-state index is 13.5. The van der Waals surface area contributed by atoms with E-state index in [0.717, 1.165) is 166 Å². The van der Waals surface area contributed by atoms with E-state index in [1.165, 1.54) is 12.1 Å². The lowest BCUT2D eigenvalue weighted by molar-refractivity contribution is 0.0383. The monoisotopic (exact) mass is 2000 g/mol. The van der Waals surface area contributed by atoms with Gasteiger partial charge in [-0.25, -0.2) is 27.0 Å². The van der Waals surface area contributed by atoms with E-state index in [1.54, 1.807) is 135 Å². The molecule has 36 nitrogen and oxygen atoms in total. The minimum Gasteiger partial charge on any atom is -0.497 e. The van der Waals surface area contributed by atoms with Crippen LogP contribution < -0.4 is 68.6 Å². The van der Waals surface area contributed by atoms with E-state index in [9.17, 15) is 28.4 Å². The molecule has 0 atom stereocenters. The van der Waals surface area contributed by atoms with Crippen molar-refractivity contribution in [3.8, 4) is 73.5 Å². The number of pyridine rings is 5. The number of carbonyl (C=O) groups excluding carboxylic acids is 5. The number of primary amides is 3. The zero-order valence-corrected chi connectivity index (χ0v) is 81.4. The first-order valence-corrected chi connectivity index (χ1v) is 47.6. The van der Waals surface area contributed by atoms with Gasteiger partial charge in [0.25, 0.3) is 11.8 Å². The van der Waals surface area contributed by atoms with Crippen molar-refractivity contribution >= 4 is 128 Å². The summed E-state index contributed by atoms with van der Waals surface area (Å²) in [6.45, 7) is 6.80. The van der Waals surface area contributed by atoms with Crippen molar-refractivity contribution in [2.24, 2.45) is 17.2 Å². The molecule has 2 aliphatic rings. The maximum Gasteiger partial charge on any atom is 0.251 e. The van der Waals surface area contributed by atoms with E-state index in [2.05, 4.69) is 104 Å². The van der Waals surface area contributed by atoms with Crippen molar-refractivity contribution in [2.45, 2.75) is 18.9 Å². The second kappa shape index (κ2) is 46.5. The van der Waals surface area contributed by atoms with Crippen molar-refractivity contribution in [1.29, 1.82) is 0 Å². The number of methoxy groups -OCH3 is 3. The Balaban J connectivity index is 0.000000122. The summed E-state index contributed by atoms with van der Waals surface area (Å²) in [4.78, 5) is 85.8. The van der Waals surface area contributed by atoms with Crippen LogP contribution in [0.1, 0.15) is 64.6 Å². The fourth-order valence-electron chi connectivity index (χ4n) is 16.4. The van der Waals surface area contributed by atoms with Gasteiger partial charge in [-0.15, -0.1) is 25.5 Å². The number of nitrogens with two attached hydrogens (primary N) is 3. The first-order valence-electron chi connectivity index (χ1n) is 47.2. The van der Waals surface area contributed by atoms with Gasteiger partial charge in [-0.3, -0.25) is 28.9 Å². The van der Waals surface area contributed by atoms with Gasteiger partial charge in [-0.05, 0) is 276 Å². The lowest BCUT2D eigenvalue weighted by Gasteiger charge is -2.29. The smallest absolute Gasteiger partial charge is 0.251 e. The summed E-state index contributed by atoms with van der Waals surface area (Å²) < 4.78 is 43.7. The highest BCUT2D eigenvalue weighted by molar-refractivity contribution is 6.30. The van der Waals surface area contributed by atoms with Crippen LogP contribution in [0.3, 0.4) is 0 Å². The van der Waals surface area contributed by atoms with Gasteiger partial charge < -0.3 is 78.3 Å². The fraction of sp³-hybridized carbons (Fsp3) is 0.136. The molecule has 22 rings (SSSR count). The minimum atomic E-state index is -0.484. The van der Waals surface area contributed by atoms with Crippen LogP contribution in [0, 0.1) is 5.82 Å². The molecule has 5 amide bonds. The Hall–Kier alpha value is -18.9. The zero-order chi connectivity index (χ0) is 103. The molecule has 20 aromatic rings. The molecule has 2 aliphatic heterocycles. The number of likely N-dealkylation sites (tertiary alicyclic amines) is 1. The van der Waals surface area contributed by atoms with Crippen molar-refractivity contribution in [1.82, 2.24) is 93.4 Å². The summed E-state index contributed by atoms with van der Waals surface area (Å²) in [5, 5.41) is 45.5. The summed E-state index contributed by atoms with van der Waals surface area (Å²) in [5.74, 6) is 2.76. The van der Waals surface area contributed by atoms with Crippen LogP contribution in [0.5, 0.6) is 17.2 Å². The summed E-state index contributed by atoms with van der Waals surface area (Å²) >= 11 is 5.97. The molecule has 2 fully saturated rings. The van der Waals surface area contributed by atoms with Gasteiger partial charge in [0.15, 0.2) is 28.2 Å². The normalized spacial score (nSPS) is 12.5. The van der Waals surface area contributed by atoms with Crippen LogP contribution in [0.4, 0.5) is 62.6 Å². The van der Waals surface area contributed by atoms with Crippen LogP contribution in [0.15, 0.2) is 334 Å². The number of benzene rings is 10. The van der Waals surface area contributed by atoms with Crippen LogP contribution in [-0.2, 0) is 4.74 Å². The molecule has 744 valence electrons. The number of nitrogens with zero attached hydrogens (tertiary/aromatic N) is 17. The number of hydrogen-bond donors (Lipinski definition) is 10. The molecule has 0 spiro atoms. The molecule has 0 radical (unpaired) electrons. The number of rotatable bonds is 27. The second-order valence-corrected chi connectivity index (χ2v) is 34.6. The molecule has 0 unspecified atom stereocenters. The quantitative estimate of drug-likeness (QED) is 0.0229. The highest BCUT2D eigenvalue weighted by atomic mass is 35.5. The standard InChI is InChI=1S/C26H28N6O3.C26H28N6O2.C20H17N5O2.C19H14ClN5O.C19H14FN5O/c1-34-22-5-2-4-20(18-22)23-6-3-7-24-29-26(30-32(23)24)28-21-10-8-19(9-11-21)25(33)27-12-13-31-14-16-35-17-15-31;1-31-15-13-21(14-16-31)27-25(33)18-9-11-20(12-10-18)28-26-29-24-8-4-7-23(32(24)30-26)19-5-3-6-22(17-19)34-2;1-27-16-5-2-4-14(12-16)17-6-3-7-18-23-20(24-25(17)18)22-15-10-8-13(9-11-15)19(21)26;20-14-8-4-12(5-9-14)16-2-1-3-17-23-19(24-25(16)17)22-15-10-6-13(7-11-15)18(21)26;20-14-4-1-3-13(11-14)16-5-2-6-17-23-19(24-25(16)17)22-15-9-7-12(8-10-15)18(21)26/h2-11,18H,12-17H2,1H3,(H,27,33)(H,28,30);3-12,17,21H,13-16H2,1-2H3,(H,27,33)(H,28,30);2-12H,1H3,(H2,21,26)(H,22,24);2*1-11H,(H2,21,26)(H,22,24). The van der Waals surface area contributed by atoms with Crippen LogP contribution in [-0.4, -0.2) is 199 Å². The van der Waals surface area contributed by atoms with Gasteiger partial charge in [0, 0.05) is 121 Å². The molecule has 38 heteroatoms. The largest absolute Gasteiger partial charge is 0.497 e. The topological polar surface area (TPSA) is 442 Å². The van der Waals surface area contributed by atoms with E-state index >= 15 is 0 Å². The number of anilines is 10. The Bertz CT molecular complexity index is 8100. The highest BCUT2D eigenvalue weighted by Gasteiger charge is 2.23. The number of ether oxygens (including phenoxy) is 4. The summed E-state index contributed by atoms with van der Waals surface area (Å²) in [5.41, 5.74) is 34.7. The van der Waals surface area contributed by atoms with Crippen LogP contribution >= 0.6 is 11.6 Å². The number of aromatic nitrogens is 15. The Morgan fingerprint density at radius 3 is 0.953 bits per heavy atom. The zero-order valence-electron chi connectivity index (χ0n) is 80.7. The first kappa shape index (κ1) is 99.3. The van der Waals surface area contributed by atoms with Crippen molar-refractivity contribution < 1.29 is 47.3 Å². The lowest BCUT2D eigenvalue weighted by Crippen LogP contribution is -2.43. The van der Waals surface area contributed by atoms with E-state index in [-0.39, 0.29) is 23.7 Å². The highest BCUT2D eigenvalue weighted by Crippen LogP contribution is 2.33. The Labute approximate surface area is 852 Å². The summed E-state index contributed by atoms with van der Waals surface area (Å²) in [6.07, 6.45) is 1.97. The van der Waals surface area contributed by atoms with Crippen LogP contribution in [0.2, 0.25) is 5.02 Å². The molecule has 10 aromatic carbocycles. The average Bonchev–Trinajstić information content (AvgIpc) is 1.66. The average molecular weight is 2000 g/mol. The molecule has 13 N–H and O–H groups in total. The maximum absolute atomic E-state index is 13.5. The lowest BCUT2D eigenvalue weighted by atomic mass is 10.0. The van der Waals surface area contributed by atoms with Crippen molar-refractivity contribution in [3.05, 3.63) is 372 Å². The summed E-state index contributed by atoms with van der Waals surface area (Å²) in [6, 6.07) is 101. The van der Waals surface area contributed by atoms with E-state index in [4.69, 9.17) is 47.7 Å². The van der Waals surface area contributed by atoms with Crippen molar-refractivity contribution in [3.63, 3.8) is 0 Å². The van der Waals surface area contributed by atoms with Gasteiger partial charge >= 0.3 is 0 Å². The van der Waals surface area contributed by atoms with Crippen molar-refractivity contribution in [2.75, 3.05) is 107 Å². The minimum absolute atomic E-state index is 0.0325.